The highest BCUT2D eigenvalue weighted by Gasteiger charge is 2.22. The smallest absolute Gasteiger partial charge is 0.147 e. The average Bonchev–Trinajstić information content (AvgIpc) is 2.35. The van der Waals surface area contributed by atoms with Gasteiger partial charge in [0.05, 0.1) is 5.56 Å². The number of nitriles is 1. The largest absolute Gasteiger partial charge is 0.381 e. The van der Waals surface area contributed by atoms with Crippen LogP contribution in [0.5, 0.6) is 0 Å². The molecule has 0 amide bonds. The summed E-state index contributed by atoms with van der Waals surface area (Å²) in [6.07, 6.45) is 1.96. The molecule has 0 bridgehead atoms. The minimum Gasteiger partial charge on any atom is -0.381 e. The van der Waals surface area contributed by atoms with Crippen LogP contribution in [0.2, 0.25) is 5.15 Å². The minimum atomic E-state index is 0.331. The number of halogens is 1. The van der Waals surface area contributed by atoms with Gasteiger partial charge in [-0.05, 0) is 37.8 Å². The van der Waals surface area contributed by atoms with E-state index >= 15 is 0 Å². The van der Waals surface area contributed by atoms with E-state index < -0.39 is 0 Å². The van der Waals surface area contributed by atoms with Gasteiger partial charge in [0.15, 0.2) is 0 Å². The van der Waals surface area contributed by atoms with Crippen molar-refractivity contribution in [3.05, 3.63) is 27.5 Å². The lowest BCUT2D eigenvalue weighted by atomic mass is 9.90. The quantitative estimate of drug-likeness (QED) is 0.720. The summed E-state index contributed by atoms with van der Waals surface area (Å²) in [5.74, 6) is 0.410. The fourth-order valence-corrected chi connectivity index (χ4v) is 2.55. The van der Waals surface area contributed by atoms with Crippen molar-refractivity contribution in [2.75, 3.05) is 13.2 Å². The Morgan fingerprint density at radius 3 is 2.53 bits per heavy atom. The van der Waals surface area contributed by atoms with Gasteiger partial charge in [-0.1, -0.05) is 11.6 Å². The van der Waals surface area contributed by atoms with Gasteiger partial charge in [-0.3, -0.25) is 0 Å². The lowest BCUT2D eigenvalue weighted by Gasteiger charge is -2.24. The van der Waals surface area contributed by atoms with Crippen LogP contribution in [0.25, 0.3) is 0 Å². The number of pyridine rings is 1. The summed E-state index contributed by atoms with van der Waals surface area (Å²) in [5.41, 5.74) is 3.58. The van der Waals surface area contributed by atoms with Crippen molar-refractivity contribution in [3.8, 4) is 6.07 Å². The Hall–Kier alpha value is -1.11. The number of ether oxygens (including phenoxy) is 1. The molecule has 0 radical (unpaired) electrons. The highest BCUT2D eigenvalue weighted by atomic mass is 35.5. The van der Waals surface area contributed by atoms with E-state index in [1.165, 1.54) is 0 Å². The summed E-state index contributed by atoms with van der Waals surface area (Å²) in [6.45, 7) is 5.51. The molecule has 0 aliphatic carbocycles. The first-order chi connectivity index (χ1) is 8.15. The molecule has 1 saturated heterocycles. The molecule has 3 nitrogen and oxygen atoms in total. The van der Waals surface area contributed by atoms with Gasteiger partial charge in [-0.25, -0.2) is 4.98 Å². The van der Waals surface area contributed by atoms with E-state index in [0.29, 0.717) is 16.6 Å². The molecular weight excluding hydrogens is 236 g/mol. The van der Waals surface area contributed by atoms with Crippen LogP contribution >= 0.6 is 11.6 Å². The van der Waals surface area contributed by atoms with Gasteiger partial charge < -0.3 is 4.74 Å². The van der Waals surface area contributed by atoms with Gasteiger partial charge in [-0.15, -0.1) is 0 Å². The number of aromatic nitrogens is 1. The van der Waals surface area contributed by atoms with Crippen LogP contribution in [0.15, 0.2) is 0 Å². The summed E-state index contributed by atoms with van der Waals surface area (Å²) in [7, 11) is 0. The van der Waals surface area contributed by atoms with Gasteiger partial charge >= 0.3 is 0 Å². The summed E-state index contributed by atoms with van der Waals surface area (Å²) in [4.78, 5) is 4.42. The Labute approximate surface area is 106 Å². The number of nitrogens with zero attached hydrogens (tertiary/aromatic N) is 2. The van der Waals surface area contributed by atoms with Gasteiger partial charge in [0.1, 0.15) is 11.2 Å². The third kappa shape index (κ3) is 2.29. The molecule has 1 aliphatic rings. The van der Waals surface area contributed by atoms with Crippen LogP contribution in [-0.4, -0.2) is 18.2 Å². The van der Waals surface area contributed by atoms with Gasteiger partial charge in [0, 0.05) is 24.8 Å². The number of rotatable bonds is 1. The van der Waals surface area contributed by atoms with Gasteiger partial charge in [0.2, 0.25) is 0 Å². The molecule has 1 aliphatic heterocycles. The SMILES string of the molecule is Cc1c(C2CCOCC2)nc(Cl)c(C#N)c1C. The molecule has 0 spiro atoms. The summed E-state index contributed by atoms with van der Waals surface area (Å²) in [6, 6.07) is 2.12. The predicted molar refractivity (Wildman–Crippen MR) is 66.2 cm³/mol. The predicted octanol–water partition coefficient (Wildman–Crippen LogP) is 3.12. The lowest BCUT2D eigenvalue weighted by molar-refractivity contribution is 0.0843. The molecule has 2 rings (SSSR count). The summed E-state index contributed by atoms with van der Waals surface area (Å²) >= 11 is 6.06. The number of hydrogen-bond acceptors (Lipinski definition) is 3. The average molecular weight is 251 g/mol. The maximum absolute atomic E-state index is 9.03. The molecule has 0 atom stereocenters. The molecule has 0 aromatic carbocycles. The van der Waals surface area contributed by atoms with E-state index in [0.717, 1.165) is 42.9 Å². The summed E-state index contributed by atoms with van der Waals surface area (Å²) in [5, 5.41) is 9.36. The maximum Gasteiger partial charge on any atom is 0.147 e. The van der Waals surface area contributed by atoms with Gasteiger partial charge in [0.25, 0.3) is 0 Å². The van der Waals surface area contributed by atoms with Crippen LogP contribution in [-0.2, 0) is 4.74 Å². The molecule has 0 unspecified atom stereocenters. The third-order valence-electron chi connectivity index (χ3n) is 3.47. The summed E-state index contributed by atoms with van der Waals surface area (Å²) < 4.78 is 5.35. The molecular formula is C13H15ClN2O. The zero-order valence-electron chi connectivity index (χ0n) is 10.1. The molecule has 4 heteroatoms. The van der Waals surface area contributed by atoms with Crippen molar-refractivity contribution in [2.24, 2.45) is 0 Å². The normalized spacial score (nSPS) is 16.8. The second-order valence-corrected chi connectivity index (χ2v) is 4.77. The minimum absolute atomic E-state index is 0.331. The van der Waals surface area contributed by atoms with Crippen molar-refractivity contribution in [1.82, 2.24) is 4.98 Å². The molecule has 1 aromatic heterocycles. The Bertz CT molecular complexity index is 473. The monoisotopic (exact) mass is 250 g/mol. The van der Waals surface area contributed by atoms with E-state index in [1.807, 2.05) is 13.8 Å². The second-order valence-electron chi connectivity index (χ2n) is 4.41. The first kappa shape index (κ1) is 12.3. The van der Waals surface area contributed by atoms with Gasteiger partial charge in [-0.2, -0.15) is 5.26 Å². The molecule has 90 valence electrons. The topological polar surface area (TPSA) is 45.9 Å². The van der Waals surface area contributed by atoms with E-state index in [-0.39, 0.29) is 0 Å². The second kappa shape index (κ2) is 5.03. The maximum atomic E-state index is 9.03. The highest BCUT2D eigenvalue weighted by molar-refractivity contribution is 6.30. The molecule has 2 heterocycles. The van der Waals surface area contributed by atoms with Crippen molar-refractivity contribution in [3.63, 3.8) is 0 Å². The molecule has 1 aromatic rings. The first-order valence-corrected chi connectivity index (χ1v) is 6.17. The molecule has 1 fully saturated rings. The van der Waals surface area contributed by atoms with E-state index in [1.54, 1.807) is 0 Å². The van der Waals surface area contributed by atoms with Crippen molar-refractivity contribution < 1.29 is 4.74 Å². The Morgan fingerprint density at radius 2 is 1.94 bits per heavy atom. The molecule has 0 saturated carbocycles. The molecule has 0 N–H and O–H groups in total. The lowest BCUT2D eigenvalue weighted by Crippen LogP contribution is -2.17. The van der Waals surface area contributed by atoms with Crippen molar-refractivity contribution >= 4 is 11.6 Å². The van der Waals surface area contributed by atoms with Crippen molar-refractivity contribution in [2.45, 2.75) is 32.6 Å². The third-order valence-corrected chi connectivity index (χ3v) is 3.74. The van der Waals surface area contributed by atoms with E-state index in [9.17, 15) is 0 Å². The van der Waals surface area contributed by atoms with E-state index in [2.05, 4.69) is 11.1 Å². The van der Waals surface area contributed by atoms with Crippen LogP contribution in [0.3, 0.4) is 0 Å². The molecule has 17 heavy (non-hydrogen) atoms. The first-order valence-electron chi connectivity index (χ1n) is 5.79. The Morgan fingerprint density at radius 1 is 1.29 bits per heavy atom. The number of hydrogen-bond donors (Lipinski definition) is 0. The fraction of sp³-hybridized carbons (Fsp3) is 0.538. The fourth-order valence-electron chi connectivity index (χ4n) is 2.28. The Kier molecular flexibility index (Phi) is 3.66. The standard InChI is InChI=1S/C13H15ClN2O/c1-8-9(2)12(10-3-5-17-6-4-10)16-13(14)11(8)7-15/h10H,3-6H2,1-2H3. The van der Waals surface area contributed by atoms with E-state index in [4.69, 9.17) is 21.6 Å². The van der Waals surface area contributed by atoms with Crippen molar-refractivity contribution in [1.29, 1.82) is 5.26 Å². The van der Waals surface area contributed by atoms with Crippen LogP contribution in [0.4, 0.5) is 0 Å². The highest BCUT2D eigenvalue weighted by Crippen LogP contribution is 2.32. The zero-order chi connectivity index (χ0) is 12.4. The Balaban J connectivity index is 2.45. The van der Waals surface area contributed by atoms with Crippen LogP contribution in [0, 0.1) is 25.2 Å². The van der Waals surface area contributed by atoms with Crippen LogP contribution in [0.1, 0.15) is 41.1 Å². The zero-order valence-corrected chi connectivity index (χ0v) is 10.8. The van der Waals surface area contributed by atoms with Crippen LogP contribution < -0.4 is 0 Å².